The van der Waals surface area contributed by atoms with Gasteiger partial charge in [0.1, 0.15) is 5.75 Å². The van der Waals surface area contributed by atoms with Crippen molar-refractivity contribution in [2.24, 2.45) is 0 Å². The summed E-state index contributed by atoms with van der Waals surface area (Å²) in [5, 5.41) is 0. The third kappa shape index (κ3) is 2.99. The molecule has 0 aliphatic heterocycles. The lowest BCUT2D eigenvalue weighted by Gasteiger charge is -2.18. The van der Waals surface area contributed by atoms with Crippen molar-refractivity contribution in [2.45, 2.75) is 26.8 Å². The molecule has 0 radical (unpaired) electrons. The molecule has 0 aromatic heterocycles. The largest absolute Gasteiger partial charge is 0.496 e. The number of carbonyl (C=O) groups excluding carboxylic acids is 1. The zero-order chi connectivity index (χ0) is 12.1. The fourth-order valence-electron chi connectivity index (χ4n) is 1.64. The fraction of sp³-hybridized carbons (Fsp3) is 0.462. The SMILES string of the molecule is CCC(=O)N(C)Cc1cc(C)ccc1OC. The van der Waals surface area contributed by atoms with Crippen molar-refractivity contribution >= 4 is 5.91 Å². The molecule has 0 aliphatic rings. The van der Waals surface area contributed by atoms with Crippen LogP contribution in [0.15, 0.2) is 18.2 Å². The Labute approximate surface area is 97.0 Å². The van der Waals surface area contributed by atoms with E-state index < -0.39 is 0 Å². The maximum absolute atomic E-state index is 11.5. The smallest absolute Gasteiger partial charge is 0.222 e. The summed E-state index contributed by atoms with van der Waals surface area (Å²) in [5.41, 5.74) is 2.22. The Morgan fingerprint density at radius 2 is 2.12 bits per heavy atom. The maximum Gasteiger partial charge on any atom is 0.222 e. The first-order valence-corrected chi connectivity index (χ1v) is 5.46. The number of methoxy groups -OCH3 is 1. The van der Waals surface area contributed by atoms with E-state index in [0.717, 1.165) is 11.3 Å². The Morgan fingerprint density at radius 3 is 2.69 bits per heavy atom. The zero-order valence-electron chi connectivity index (χ0n) is 10.4. The van der Waals surface area contributed by atoms with Gasteiger partial charge in [0.2, 0.25) is 5.91 Å². The highest BCUT2D eigenvalue weighted by Gasteiger charge is 2.10. The summed E-state index contributed by atoms with van der Waals surface area (Å²) in [6.45, 7) is 4.49. The molecule has 88 valence electrons. The molecule has 16 heavy (non-hydrogen) atoms. The second-order valence-electron chi connectivity index (χ2n) is 3.92. The quantitative estimate of drug-likeness (QED) is 0.781. The number of rotatable bonds is 4. The van der Waals surface area contributed by atoms with Gasteiger partial charge in [-0.3, -0.25) is 4.79 Å². The van der Waals surface area contributed by atoms with Gasteiger partial charge in [0, 0.05) is 25.6 Å². The van der Waals surface area contributed by atoms with Crippen LogP contribution in [0.4, 0.5) is 0 Å². The fourth-order valence-corrected chi connectivity index (χ4v) is 1.64. The van der Waals surface area contributed by atoms with Crippen molar-refractivity contribution in [1.29, 1.82) is 0 Å². The van der Waals surface area contributed by atoms with Crippen molar-refractivity contribution < 1.29 is 9.53 Å². The first-order chi connectivity index (χ1) is 7.58. The number of ether oxygens (including phenoxy) is 1. The minimum absolute atomic E-state index is 0.142. The molecule has 0 saturated heterocycles. The van der Waals surface area contributed by atoms with Gasteiger partial charge >= 0.3 is 0 Å². The number of aryl methyl sites for hydroxylation is 1. The van der Waals surface area contributed by atoms with E-state index in [1.807, 2.05) is 33.0 Å². The van der Waals surface area contributed by atoms with Crippen LogP contribution in [0.25, 0.3) is 0 Å². The number of hydrogen-bond donors (Lipinski definition) is 0. The summed E-state index contributed by atoms with van der Waals surface area (Å²) in [6, 6.07) is 6.00. The van der Waals surface area contributed by atoms with E-state index >= 15 is 0 Å². The molecule has 3 heteroatoms. The normalized spacial score (nSPS) is 10.0. The topological polar surface area (TPSA) is 29.5 Å². The van der Waals surface area contributed by atoms with Gasteiger partial charge < -0.3 is 9.64 Å². The minimum atomic E-state index is 0.142. The summed E-state index contributed by atoms with van der Waals surface area (Å²) in [7, 11) is 3.46. The van der Waals surface area contributed by atoms with Crippen LogP contribution in [0.2, 0.25) is 0 Å². The molecule has 0 spiro atoms. The Bertz CT molecular complexity index is 374. The van der Waals surface area contributed by atoms with Crippen LogP contribution in [-0.4, -0.2) is 25.0 Å². The average molecular weight is 221 g/mol. The van der Waals surface area contributed by atoms with Crippen LogP contribution < -0.4 is 4.74 Å². The summed E-state index contributed by atoms with van der Waals surface area (Å²) >= 11 is 0. The van der Waals surface area contributed by atoms with Crippen LogP contribution in [0.3, 0.4) is 0 Å². The molecular formula is C13H19NO2. The van der Waals surface area contributed by atoms with Gasteiger partial charge in [0.25, 0.3) is 0 Å². The molecule has 0 heterocycles. The predicted octanol–water partition coefficient (Wildman–Crippen LogP) is 2.37. The lowest BCUT2D eigenvalue weighted by Crippen LogP contribution is -2.25. The molecule has 0 bridgehead atoms. The first kappa shape index (κ1) is 12.6. The van der Waals surface area contributed by atoms with E-state index in [-0.39, 0.29) is 5.91 Å². The molecule has 1 rings (SSSR count). The summed E-state index contributed by atoms with van der Waals surface area (Å²) in [5.74, 6) is 0.977. The van der Waals surface area contributed by atoms with Crippen molar-refractivity contribution in [1.82, 2.24) is 4.90 Å². The highest BCUT2D eigenvalue weighted by Crippen LogP contribution is 2.21. The maximum atomic E-state index is 11.5. The Hall–Kier alpha value is -1.51. The lowest BCUT2D eigenvalue weighted by molar-refractivity contribution is -0.130. The molecular weight excluding hydrogens is 202 g/mol. The van der Waals surface area contributed by atoms with Gasteiger partial charge in [-0.05, 0) is 13.0 Å². The number of nitrogens with zero attached hydrogens (tertiary/aromatic N) is 1. The van der Waals surface area contributed by atoms with Crippen LogP contribution in [0.5, 0.6) is 5.75 Å². The van der Waals surface area contributed by atoms with Crippen LogP contribution >= 0.6 is 0 Å². The van der Waals surface area contributed by atoms with E-state index in [0.29, 0.717) is 13.0 Å². The van der Waals surface area contributed by atoms with E-state index in [4.69, 9.17) is 4.74 Å². The van der Waals surface area contributed by atoms with Crippen LogP contribution in [-0.2, 0) is 11.3 Å². The monoisotopic (exact) mass is 221 g/mol. The van der Waals surface area contributed by atoms with E-state index in [2.05, 4.69) is 6.07 Å². The van der Waals surface area contributed by atoms with Crippen LogP contribution in [0.1, 0.15) is 24.5 Å². The molecule has 0 N–H and O–H groups in total. The Kier molecular flexibility index (Phi) is 4.35. The van der Waals surface area contributed by atoms with E-state index in [9.17, 15) is 4.79 Å². The highest BCUT2D eigenvalue weighted by atomic mass is 16.5. The Morgan fingerprint density at radius 1 is 1.44 bits per heavy atom. The zero-order valence-corrected chi connectivity index (χ0v) is 10.4. The van der Waals surface area contributed by atoms with Gasteiger partial charge in [-0.25, -0.2) is 0 Å². The molecule has 0 aliphatic carbocycles. The molecule has 0 saturated carbocycles. The number of amides is 1. The number of benzene rings is 1. The van der Waals surface area contributed by atoms with Crippen molar-refractivity contribution in [3.63, 3.8) is 0 Å². The number of carbonyl (C=O) groups is 1. The summed E-state index contributed by atoms with van der Waals surface area (Å²) < 4.78 is 5.28. The third-order valence-electron chi connectivity index (χ3n) is 2.57. The molecule has 0 unspecified atom stereocenters. The summed E-state index contributed by atoms with van der Waals surface area (Å²) in [4.78, 5) is 13.2. The number of hydrogen-bond acceptors (Lipinski definition) is 2. The minimum Gasteiger partial charge on any atom is -0.496 e. The van der Waals surface area contributed by atoms with Crippen molar-refractivity contribution in [2.75, 3.05) is 14.2 Å². The molecule has 0 atom stereocenters. The lowest BCUT2D eigenvalue weighted by atomic mass is 10.1. The molecule has 1 aromatic rings. The molecule has 1 aromatic carbocycles. The van der Waals surface area contributed by atoms with E-state index in [1.54, 1.807) is 12.0 Å². The first-order valence-electron chi connectivity index (χ1n) is 5.46. The Balaban J connectivity index is 2.86. The standard InChI is InChI=1S/C13H19NO2/c1-5-13(15)14(3)9-11-8-10(2)6-7-12(11)16-4/h6-8H,5,9H2,1-4H3. The average Bonchev–Trinajstić information content (AvgIpc) is 2.28. The predicted molar refractivity (Wildman–Crippen MR) is 64.5 cm³/mol. The highest BCUT2D eigenvalue weighted by molar-refractivity contribution is 5.75. The second-order valence-corrected chi connectivity index (χ2v) is 3.92. The molecule has 1 amide bonds. The van der Waals surface area contributed by atoms with Gasteiger partial charge in [-0.1, -0.05) is 24.6 Å². The van der Waals surface area contributed by atoms with Crippen molar-refractivity contribution in [3.8, 4) is 5.75 Å². The van der Waals surface area contributed by atoms with Gasteiger partial charge in [-0.15, -0.1) is 0 Å². The second kappa shape index (κ2) is 5.54. The van der Waals surface area contributed by atoms with Gasteiger partial charge in [0.05, 0.1) is 7.11 Å². The van der Waals surface area contributed by atoms with E-state index in [1.165, 1.54) is 5.56 Å². The van der Waals surface area contributed by atoms with Crippen LogP contribution in [0, 0.1) is 6.92 Å². The summed E-state index contributed by atoms with van der Waals surface area (Å²) in [6.07, 6.45) is 0.532. The van der Waals surface area contributed by atoms with Crippen molar-refractivity contribution in [3.05, 3.63) is 29.3 Å². The van der Waals surface area contributed by atoms with Gasteiger partial charge in [-0.2, -0.15) is 0 Å². The molecule has 3 nitrogen and oxygen atoms in total. The third-order valence-corrected chi connectivity index (χ3v) is 2.57. The van der Waals surface area contributed by atoms with Gasteiger partial charge in [0.15, 0.2) is 0 Å². The molecule has 0 fully saturated rings.